The van der Waals surface area contributed by atoms with Gasteiger partial charge in [-0.2, -0.15) is 0 Å². The van der Waals surface area contributed by atoms with Crippen LogP contribution in [0.4, 0.5) is 5.69 Å². The van der Waals surface area contributed by atoms with Crippen LogP contribution in [0.3, 0.4) is 0 Å². The summed E-state index contributed by atoms with van der Waals surface area (Å²) < 4.78 is 4.78. The van der Waals surface area contributed by atoms with Crippen molar-refractivity contribution in [1.82, 2.24) is 0 Å². The predicted molar refractivity (Wildman–Crippen MR) is 68.2 cm³/mol. The Morgan fingerprint density at radius 3 is 3.00 bits per heavy atom. The highest BCUT2D eigenvalue weighted by molar-refractivity contribution is 6.03. The van der Waals surface area contributed by atoms with Crippen LogP contribution in [0, 0.1) is 0 Å². The maximum absolute atomic E-state index is 11.8. The van der Waals surface area contributed by atoms with Crippen molar-refractivity contribution in [2.45, 2.75) is 19.3 Å². The molecule has 0 bridgehead atoms. The van der Waals surface area contributed by atoms with E-state index in [1.165, 1.54) is 6.08 Å². The summed E-state index contributed by atoms with van der Waals surface area (Å²) in [6, 6.07) is 7.59. The van der Waals surface area contributed by atoms with E-state index >= 15 is 0 Å². The Bertz CT molecular complexity index is 494. The second kappa shape index (κ2) is 5.49. The molecule has 1 atom stereocenters. The van der Waals surface area contributed by atoms with Crippen LogP contribution in [0.25, 0.3) is 0 Å². The third-order valence-electron chi connectivity index (χ3n) is 2.82. The molecule has 1 amide bonds. The molecule has 0 aromatic heterocycles. The highest BCUT2D eigenvalue weighted by Crippen LogP contribution is 2.34. The molecular weight excluding hydrogens is 230 g/mol. The van der Waals surface area contributed by atoms with Gasteiger partial charge >= 0.3 is 5.97 Å². The molecule has 1 heterocycles. The number of carbonyl (C=O) groups is 2. The summed E-state index contributed by atoms with van der Waals surface area (Å²) in [6.07, 6.45) is 3.56. The number of hydrogen-bond acceptors (Lipinski definition) is 3. The quantitative estimate of drug-likeness (QED) is 0.653. The molecule has 1 N–H and O–H groups in total. The lowest BCUT2D eigenvalue weighted by molar-refractivity contribution is -0.137. The second-order valence-electron chi connectivity index (χ2n) is 4.02. The topological polar surface area (TPSA) is 55.4 Å². The van der Waals surface area contributed by atoms with Gasteiger partial charge in [0.15, 0.2) is 0 Å². The third-order valence-corrected chi connectivity index (χ3v) is 2.82. The number of nitrogens with one attached hydrogen (secondary N) is 1. The lowest BCUT2D eigenvalue weighted by Crippen LogP contribution is -2.11. The van der Waals surface area contributed by atoms with Gasteiger partial charge in [-0.3, -0.25) is 4.79 Å². The minimum Gasteiger partial charge on any atom is -0.463 e. The number of anilines is 1. The number of hydrogen-bond donors (Lipinski definition) is 1. The number of para-hydroxylation sites is 1. The summed E-state index contributed by atoms with van der Waals surface area (Å²) in [5.74, 6) is -0.610. The van der Waals surface area contributed by atoms with Crippen LogP contribution < -0.4 is 5.32 Å². The Morgan fingerprint density at radius 1 is 1.44 bits per heavy atom. The zero-order valence-corrected chi connectivity index (χ0v) is 10.2. The molecule has 1 unspecified atom stereocenters. The Labute approximate surface area is 106 Å². The minimum atomic E-state index is -0.371. The summed E-state index contributed by atoms with van der Waals surface area (Å²) in [5, 5.41) is 2.82. The van der Waals surface area contributed by atoms with E-state index in [1.54, 1.807) is 13.0 Å². The minimum absolute atomic E-state index is 0.0234. The SMILES string of the molecule is CCOC(=O)/C=C/CC1C(=O)Nc2ccccc21. The molecule has 18 heavy (non-hydrogen) atoms. The van der Waals surface area contributed by atoms with Crippen molar-refractivity contribution in [2.75, 3.05) is 11.9 Å². The van der Waals surface area contributed by atoms with Gasteiger partial charge in [0.05, 0.1) is 12.5 Å². The molecule has 4 nitrogen and oxygen atoms in total. The number of ether oxygens (including phenoxy) is 1. The fourth-order valence-corrected chi connectivity index (χ4v) is 2.00. The van der Waals surface area contributed by atoms with Gasteiger partial charge in [0.2, 0.25) is 5.91 Å². The lowest BCUT2D eigenvalue weighted by atomic mass is 9.97. The van der Waals surface area contributed by atoms with E-state index in [4.69, 9.17) is 4.74 Å². The van der Waals surface area contributed by atoms with Gasteiger partial charge < -0.3 is 10.1 Å². The van der Waals surface area contributed by atoms with Gasteiger partial charge in [-0.05, 0) is 25.0 Å². The van der Waals surface area contributed by atoms with Crippen molar-refractivity contribution >= 4 is 17.6 Å². The van der Waals surface area contributed by atoms with Crippen LogP contribution in [-0.2, 0) is 14.3 Å². The fourth-order valence-electron chi connectivity index (χ4n) is 2.00. The number of amides is 1. The average molecular weight is 245 g/mol. The van der Waals surface area contributed by atoms with Gasteiger partial charge in [0.1, 0.15) is 0 Å². The molecular formula is C14H15NO3. The van der Waals surface area contributed by atoms with Crippen molar-refractivity contribution in [2.24, 2.45) is 0 Å². The Balaban J connectivity index is 2.02. The molecule has 1 aliphatic rings. The zero-order valence-electron chi connectivity index (χ0n) is 10.2. The summed E-state index contributed by atoms with van der Waals surface area (Å²) in [7, 11) is 0. The van der Waals surface area contributed by atoms with E-state index in [0.29, 0.717) is 13.0 Å². The van der Waals surface area contributed by atoms with Crippen molar-refractivity contribution < 1.29 is 14.3 Å². The number of benzene rings is 1. The predicted octanol–water partition coefficient (Wildman–Crippen LogP) is 2.23. The Kier molecular flexibility index (Phi) is 3.77. The van der Waals surface area contributed by atoms with Crippen molar-refractivity contribution in [3.05, 3.63) is 42.0 Å². The normalized spacial score (nSPS) is 17.6. The summed E-state index contributed by atoms with van der Waals surface area (Å²) in [6.45, 7) is 2.11. The maximum Gasteiger partial charge on any atom is 0.330 e. The fraction of sp³-hybridized carbons (Fsp3) is 0.286. The van der Waals surface area contributed by atoms with E-state index in [2.05, 4.69) is 5.32 Å². The van der Waals surface area contributed by atoms with Gasteiger partial charge in [0.25, 0.3) is 0 Å². The molecule has 1 aliphatic heterocycles. The van der Waals surface area contributed by atoms with E-state index in [-0.39, 0.29) is 17.8 Å². The average Bonchev–Trinajstić information content (AvgIpc) is 2.66. The molecule has 0 aliphatic carbocycles. The van der Waals surface area contributed by atoms with Crippen LogP contribution in [0.5, 0.6) is 0 Å². The smallest absolute Gasteiger partial charge is 0.330 e. The molecule has 0 radical (unpaired) electrons. The van der Waals surface area contributed by atoms with Crippen LogP contribution in [0.15, 0.2) is 36.4 Å². The molecule has 1 aromatic rings. The van der Waals surface area contributed by atoms with E-state index in [0.717, 1.165) is 11.3 Å². The van der Waals surface area contributed by atoms with Gasteiger partial charge in [-0.25, -0.2) is 4.79 Å². The van der Waals surface area contributed by atoms with Crippen molar-refractivity contribution in [1.29, 1.82) is 0 Å². The Hall–Kier alpha value is -2.10. The zero-order chi connectivity index (χ0) is 13.0. The highest BCUT2D eigenvalue weighted by Gasteiger charge is 2.28. The van der Waals surface area contributed by atoms with E-state index < -0.39 is 0 Å². The summed E-state index contributed by atoms with van der Waals surface area (Å²) in [4.78, 5) is 22.9. The number of allylic oxidation sites excluding steroid dienone is 1. The van der Waals surface area contributed by atoms with Gasteiger partial charge in [-0.1, -0.05) is 24.3 Å². The molecule has 0 fully saturated rings. The van der Waals surface area contributed by atoms with E-state index in [9.17, 15) is 9.59 Å². The summed E-state index contributed by atoms with van der Waals surface area (Å²) >= 11 is 0. The molecule has 4 heteroatoms. The molecule has 94 valence electrons. The second-order valence-corrected chi connectivity index (χ2v) is 4.02. The lowest BCUT2D eigenvalue weighted by Gasteiger charge is -2.04. The first-order chi connectivity index (χ1) is 8.72. The Morgan fingerprint density at radius 2 is 2.22 bits per heavy atom. The summed E-state index contributed by atoms with van der Waals surface area (Å²) in [5.41, 5.74) is 1.84. The largest absolute Gasteiger partial charge is 0.463 e. The first kappa shape index (κ1) is 12.4. The first-order valence-electron chi connectivity index (χ1n) is 5.95. The number of fused-ring (bicyclic) bond motifs is 1. The molecule has 0 saturated heterocycles. The van der Waals surface area contributed by atoms with Crippen LogP contribution in [0.1, 0.15) is 24.8 Å². The third kappa shape index (κ3) is 2.59. The standard InChI is InChI=1S/C14H15NO3/c1-2-18-13(16)9-5-7-11-10-6-3-4-8-12(10)15-14(11)17/h3-6,8-9,11H,2,7H2,1H3,(H,15,17)/b9-5+. The number of esters is 1. The van der Waals surface area contributed by atoms with Gasteiger partial charge in [-0.15, -0.1) is 0 Å². The van der Waals surface area contributed by atoms with Crippen LogP contribution in [-0.4, -0.2) is 18.5 Å². The van der Waals surface area contributed by atoms with Crippen molar-refractivity contribution in [3.63, 3.8) is 0 Å². The number of carbonyl (C=O) groups excluding carboxylic acids is 2. The van der Waals surface area contributed by atoms with Crippen LogP contribution in [0.2, 0.25) is 0 Å². The van der Waals surface area contributed by atoms with Crippen LogP contribution >= 0.6 is 0 Å². The maximum atomic E-state index is 11.8. The van der Waals surface area contributed by atoms with Gasteiger partial charge in [0, 0.05) is 11.8 Å². The monoisotopic (exact) mass is 245 g/mol. The first-order valence-corrected chi connectivity index (χ1v) is 5.95. The van der Waals surface area contributed by atoms with E-state index in [1.807, 2.05) is 24.3 Å². The molecule has 0 saturated carbocycles. The highest BCUT2D eigenvalue weighted by atomic mass is 16.5. The molecule has 1 aromatic carbocycles. The van der Waals surface area contributed by atoms with Crippen molar-refractivity contribution in [3.8, 4) is 0 Å². The number of rotatable bonds is 4. The molecule has 0 spiro atoms. The molecule has 2 rings (SSSR count).